The summed E-state index contributed by atoms with van der Waals surface area (Å²) in [6.45, 7) is 0.641. The van der Waals surface area contributed by atoms with E-state index >= 15 is 0 Å². The van der Waals surface area contributed by atoms with Crippen molar-refractivity contribution in [1.82, 2.24) is 9.55 Å². The van der Waals surface area contributed by atoms with Gasteiger partial charge in [0.2, 0.25) is 0 Å². The van der Waals surface area contributed by atoms with E-state index in [2.05, 4.69) is 4.98 Å². The van der Waals surface area contributed by atoms with Gasteiger partial charge < -0.3 is 10.5 Å². The van der Waals surface area contributed by atoms with Crippen LogP contribution in [0.2, 0.25) is 0 Å². The molecule has 1 aromatic heterocycles. The van der Waals surface area contributed by atoms with Gasteiger partial charge >= 0.3 is 0 Å². The molecule has 2 heterocycles. The van der Waals surface area contributed by atoms with Crippen LogP contribution < -0.4 is 16.0 Å². The van der Waals surface area contributed by atoms with E-state index in [1.165, 1.54) is 0 Å². The van der Waals surface area contributed by atoms with Crippen molar-refractivity contribution in [2.45, 2.75) is 13.0 Å². The number of ether oxygens (including phenoxy) is 1. The van der Waals surface area contributed by atoms with Crippen LogP contribution in [0.1, 0.15) is 17.8 Å². The SMILES string of the molecule is COc1ccccc1/C=C1\CCn2c1nc1cc(N)ccc1c2=O. The number of hydrogen-bond acceptors (Lipinski definition) is 4. The molecule has 0 spiro atoms. The lowest BCUT2D eigenvalue weighted by Gasteiger charge is -2.07. The first-order valence-corrected chi connectivity index (χ1v) is 7.81. The van der Waals surface area contributed by atoms with Gasteiger partial charge in [0.05, 0.1) is 18.0 Å². The minimum Gasteiger partial charge on any atom is -0.496 e. The Morgan fingerprint density at radius 2 is 2.08 bits per heavy atom. The highest BCUT2D eigenvalue weighted by atomic mass is 16.5. The zero-order chi connectivity index (χ0) is 16.7. The quantitative estimate of drug-likeness (QED) is 0.737. The number of allylic oxidation sites excluding steroid dienone is 1. The van der Waals surface area contributed by atoms with Crippen molar-refractivity contribution in [2.24, 2.45) is 0 Å². The fourth-order valence-corrected chi connectivity index (χ4v) is 3.14. The van der Waals surface area contributed by atoms with Crippen molar-refractivity contribution in [2.75, 3.05) is 12.8 Å². The number of hydrogen-bond donors (Lipinski definition) is 1. The smallest absolute Gasteiger partial charge is 0.261 e. The van der Waals surface area contributed by atoms with E-state index in [1.54, 1.807) is 29.9 Å². The summed E-state index contributed by atoms with van der Waals surface area (Å²) in [5.74, 6) is 1.51. The molecule has 5 nitrogen and oxygen atoms in total. The zero-order valence-electron chi connectivity index (χ0n) is 13.3. The molecule has 0 unspecified atom stereocenters. The first-order valence-electron chi connectivity index (χ1n) is 7.81. The number of nitrogen functional groups attached to an aromatic ring is 1. The number of nitrogens with zero attached hydrogens (tertiary/aromatic N) is 2. The molecular formula is C19H17N3O2. The monoisotopic (exact) mass is 319 g/mol. The molecule has 0 bridgehead atoms. The van der Waals surface area contributed by atoms with Crippen LogP contribution in [0.3, 0.4) is 0 Å². The van der Waals surface area contributed by atoms with Gasteiger partial charge in [-0.2, -0.15) is 0 Å². The summed E-state index contributed by atoms with van der Waals surface area (Å²) >= 11 is 0. The fraction of sp³-hybridized carbons (Fsp3) is 0.158. The van der Waals surface area contributed by atoms with Gasteiger partial charge in [-0.05, 0) is 42.3 Å². The van der Waals surface area contributed by atoms with E-state index in [4.69, 9.17) is 10.5 Å². The minimum absolute atomic E-state index is 0.0153. The highest BCUT2D eigenvalue weighted by Crippen LogP contribution is 2.30. The molecular weight excluding hydrogens is 302 g/mol. The van der Waals surface area contributed by atoms with Gasteiger partial charge in [-0.3, -0.25) is 9.36 Å². The Morgan fingerprint density at radius 3 is 2.92 bits per heavy atom. The Morgan fingerprint density at radius 1 is 1.25 bits per heavy atom. The van der Waals surface area contributed by atoms with Crippen LogP contribution in [0.4, 0.5) is 5.69 Å². The first-order chi connectivity index (χ1) is 11.7. The molecule has 0 saturated carbocycles. The molecule has 2 N–H and O–H groups in total. The molecule has 2 aromatic carbocycles. The Bertz CT molecular complexity index is 1030. The highest BCUT2D eigenvalue weighted by Gasteiger charge is 2.21. The summed E-state index contributed by atoms with van der Waals surface area (Å²) in [5.41, 5.74) is 9.07. The highest BCUT2D eigenvalue weighted by molar-refractivity contribution is 5.86. The number of para-hydroxylation sites is 1. The molecule has 0 atom stereocenters. The van der Waals surface area contributed by atoms with Gasteiger partial charge in [-0.1, -0.05) is 18.2 Å². The van der Waals surface area contributed by atoms with Crippen LogP contribution in [-0.2, 0) is 6.54 Å². The van der Waals surface area contributed by atoms with Gasteiger partial charge in [0, 0.05) is 17.8 Å². The summed E-state index contributed by atoms with van der Waals surface area (Å²) in [5, 5.41) is 0.603. The van der Waals surface area contributed by atoms with E-state index in [0.717, 1.165) is 23.3 Å². The van der Waals surface area contributed by atoms with Crippen molar-refractivity contribution in [3.8, 4) is 5.75 Å². The number of benzene rings is 2. The third-order valence-electron chi connectivity index (χ3n) is 4.34. The lowest BCUT2D eigenvalue weighted by Crippen LogP contribution is -2.20. The summed E-state index contributed by atoms with van der Waals surface area (Å²) in [6.07, 6.45) is 2.81. The van der Waals surface area contributed by atoms with Crippen molar-refractivity contribution in [1.29, 1.82) is 0 Å². The largest absolute Gasteiger partial charge is 0.496 e. The van der Waals surface area contributed by atoms with E-state index < -0.39 is 0 Å². The first kappa shape index (κ1) is 14.5. The predicted molar refractivity (Wildman–Crippen MR) is 95.9 cm³/mol. The van der Waals surface area contributed by atoms with Crippen molar-refractivity contribution in [3.05, 3.63) is 64.2 Å². The summed E-state index contributed by atoms with van der Waals surface area (Å²) in [6, 6.07) is 13.0. The summed E-state index contributed by atoms with van der Waals surface area (Å²) in [4.78, 5) is 17.4. The van der Waals surface area contributed by atoms with E-state index in [1.807, 2.05) is 30.3 Å². The zero-order valence-corrected chi connectivity index (χ0v) is 13.3. The van der Waals surface area contributed by atoms with Crippen LogP contribution in [0.15, 0.2) is 47.3 Å². The molecule has 0 radical (unpaired) electrons. The maximum absolute atomic E-state index is 12.7. The third-order valence-corrected chi connectivity index (χ3v) is 4.34. The molecule has 0 amide bonds. The molecule has 5 heteroatoms. The van der Waals surface area contributed by atoms with Crippen molar-refractivity contribution >= 4 is 28.2 Å². The van der Waals surface area contributed by atoms with Gasteiger partial charge in [0.25, 0.3) is 5.56 Å². The molecule has 24 heavy (non-hydrogen) atoms. The van der Waals surface area contributed by atoms with Crippen LogP contribution in [0, 0.1) is 0 Å². The lowest BCUT2D eigenvalue weighted by atomic mass is 10.1. The molecule has 0 fully saturated rings. The number of aromatic nitrogens is 2. The van der Waals surface area contributed by atoms with Crippen molar-refractivity contribution < 1.29 is 4.74 Å². The number of fused-ring (bicyclic) bond motifs is 2. The second-order valence-electron chi connectivity index (χ2n) is 5.83. The fourth-order valence-electron chi connectivity index (χ4n) is 3.14. The normalized spacial score (nSPS) is 15.0. The average Bonchev–Trinajstić information content (AvgIpc) is 2.98. The molecule has 1 aliphatic rings. The van der Waals surface area contributed by atoms with E-state index in [-0.39, 0.29) is 5.56 Å². The van der Waals surface area contributed by atoms with Gasteiger partial charge in [-0.25, -0.2) is 4.98 Å². The third kappa shape index (κ3) is 2.25. The predicted octanol–water partition coefficient (Wildman–Crippen LogP) is 2.93. The maximum Gasteiger partial charge on any atom is 0.261 e. The minimum atomic E-state index is -0.0153. The number of rotatable bonds is 2. The maximum atomic E-state index is 12.7. The summed E-state index contributed by atoms with van der Waals surface area (Å²) in [7, 11) is 1.65. The number of nitrogens with two attached hydrogens (primary N) is 1. The molecule has 0 aliphatic carbocycles. The second kappa shape index (κ2) is 5.53. The Kier molecular flexibility index (Phi) is 3.34. The molecule has 3 aromatic rings. The second-order valence-corrected chi connectivity index (χ2v) is 5.83. The Labute approximate surface area is 139 Å². The van der Waals surface area contributed by atoms with Gasteiger partial charge in [-0.15, -0.1) is 0 Å². The molecule has 1 aliphatic heterocycles. The van der Waals surface area contributed by atoms with Crippen LogP contribution in [0.25, 0.3) is 22.6 Å². The molecule has 4 rings (SSSR count). The Hall–Kier alpha value is -3.08. The van der Waals surface area contributed by atoms with Crippen LogP contribution in [-0.4, -0.2) is 16.7 Å². The van der Waals surface area contributed by atoms with E-state index in [9.17, 15) is 4.79 Å². The topological polar surface area (TPSA) is 70.1 Å². The Balaban J connectivity index is 1.91. The van der Waals surface area contributed by atoms with Gasteiger partial charge in [0.15, 0.2) is 0 Å². The van der Waals surface area contributed by atoms with E-state index in [0.29, 0.717) is 29.0 Å². The lowest BCUT2D eigenvalue weighted by molar-refractivity contribution is 0.414. The average molecular weight is 319 g/mol. The molecule has 0 saturated heterocycles. The summed E-state index contributed by atoms with van der Waals surface area (Å²) < 4.78 is 7.14. The van der Waals surface area contributed by atoms with Gasteiger partial charge in [0.1, 0.15) is 11.6 Å². The molecule has 120 valence electrons. The standard InChI is InChI=1S/C19H17N3O2/c1-24-17-5-3-2-4-12(17)10-13-8-9-22-18(13)21-16-11-14(20)6-7-15(16)19(22)23/h2-7,10-11H,8-9,20H2,1H3/b13-10+. The number of anilines is 1. The van der Waals surface area contributed by atoms with Crippen molar-refractivity contribution in [3.63, 3.8) is 0 Å². The number of methoxy groups -OCH3 is 1. The van der Waals surface area contributed by atoms with Crippen LogP contribution in [0.5, 0.6) is 5.75 Å². The van der Waals surface area contributed by atoms with Crippen LogP contribution >= 0.6 is 0 Å².